The minimum Gasteiger partial charge on any atom is -0.495 e. The van der Waals surface area contributed by atoms with Crippen LogP contribution in [0.3, 0.4) is 0 Å². The molecular weight excluding hydrogens is 492 g/mol. The van der Waals surface area contributed by atoms with Gasteiger partial charge in [-0.2, -0.15) is 5.10 Å². The molecule has 0 amide bonds. The summed E-state index contributed by atoms with van der Waals surface area (Å²) in [5.41, 5.74) is 3.33. The summed E-state index contributed by atoms with van der Waals surface area (Å²) in [6.45, 7) is 6.27. The first kappa shape index (κ1) is 22.5. The van der Waals surface area contributed by atoms with E-state index in [0.717, 1.165) is 16.8 Å². The molecule has 2 aromatic heterocycles. The van der Waals surface area contributed by atoms with Crippen molar-refractivity contribution in [2.75, 3.05) is 7.11 Å². The fourth-order valence-electron chi connectivity index (χ4n) is 3.46. The van der Waals surface area contributed by atoms with Crippen molar-refractivity contribution in [2.45, 2.75) is 42.3 Å². The van der Waals surface area contributed by atoms with Crippen LogP contribution in [0.15, 0.2) is 59.8 Å². The lowest BCUT2D eigenvalue weighted by atomic mass is 9.87. The van der Waals surface area contributed by atoms with Gasteiger partial charge >= 0.3 is 0 Å². The van der Waals surface area contributed by atoms with E-state index >= 15 is 0 Å². The average Bonchev–Trinajstić information content (AvgIpc) is 3.22. The summed E-state index contributed by atoms with van der Waals surface area (Å²) in [6.07, 6.45) is 5.78. The van der Waals surface area contributed by atoms with Crippen molar-refractivity contribution in [3.63, 3.8) is 0 Å². The van der Waals surface area contributed by atoms with Crippen LogP contribution in [0.2, 0.25) is 0 Å². The van der Waals surface area contributed by atoms with Crippen molar-refractivity contribution < 1.29 is 13.2 Å². The lowest BCUT2D eigenvalue weighted by Gasteiger charge is -2.21. The number of nitrogens with zero attached hydrogens (tertiary/aromatic N) is 3. The van der Waals surface area contributed by atoms with Crippen LogP contribution in [0, 0.1) is 0 Å². The predicted molar refractivity (Wildman–Crippen MR) is 128 cm³/mol. The first-order chi connectivity index (χ1) is 15.1. The Balaban J connectivity index is 1.65. The van der Waals surface area contributed by atoms with Gasteiger partial charge in [0.25, 0.3) is 10.0 Å². The molecule has 1 unspecified atom stereocenters. The van der Waals surface area contributed by atoms with Gasteiger partial charge in [0.1, 0.15) is 11.6 Å². The smallest absolute Gasteiger partial charge is 0.263 e. The van der Waals surface area contributed by atoms with Gasteiger partial charge < -0.3 is 4.74 Å². The van der Waals surface area contributed by atoms with Crippen molar-refractivity contribution in [1.29, 1.82) is 0 Å². The summed E-state index contributed by atoms with van der Waals surface area (Å²) in [6, 6.07) is 10.7. The van der Waals surface area contributed by atoms with E-state index in [1.807, 2.05) is 30.3 Å². The maximum absolute atomic E-state index is 13.1. The van der Waals surface area contributed by atoms with Crippen LogP contribution >= 0.6 is 15.9 Å². The van der Waals surface area contributed by atoms with E-state index in [1.165, 1.54) is 0 Å². The van der Waals surface area contributed by atoms with Crippen molar-refractivity contribution >= 4 is 31.8 Å². The summed E-state index contributed by atoms with van der Waals surface area (Å²) < 4.78 is 35.7. The zero-order valence-electron chi connectivity index (χ0n) is 18.3. The molecule has 9 heteroatoms. The summed E-state index contributed by atoms with van der Waals surface area (Å²) in [5, 5.41) is 4.65. The SMILES string of the molecule is COc1cncc(-c2cc3n(n2)C(NS(=O)(=O)c2ccc(C(C)(C)C)cc2)=CCC3Br)c1. The quantitative estimate of drug-likeness (QED) is 0.489. The van der Waals surface area contributed by atoms with Gasteiger partial charge in [0.15, 0.2) is 0 Å². The van der Waals surface area contributed by atoms with Crippen LogP contribution in [-0.4, -0.2) is 30.3 Å². The van der Waals surface area contributed by atoms with Gasteiger partial charge in [-0.3, -0.25) is 9.71 Å². The number of fused-ring (bicyclic) bond motifs is 1. The van der Waals surface area contributed by atoms with Gasteiger partial charge in [0.2, 0.25) is 0 Å². The van der Waals surface area contributed by atoms with E-state index in [9.17, 15) is 8.42 Å². The van der Waals surface area contributed by atoms with Gasteiger partial charge in [-0.05, 0) is 47.7 Å². The molecule has 0 radical (unpaired) electrons. The topological polar surface area (TPSA) is 86.1 Å². The second-order valence-electron chi connectivity index (χ2n) is 8.65. The average molecular weight is 517 g/mol. The number of methoxy groups -OCH3 is 1. The monoisotopic (exact) mass is 516 g/mol. The molecule has 0 fully saturated rings. The highest BCUT2D eigenvalue weighted by Crippen LogP contribution is 2.36. The predicted octanol–water partition coefficient (Wildman–Crippen LogP) is 4.87. The number of halogens is 1. The van der Waals surface area contributed by atoms with Crippen LogP contribution in [0.5, 0.6) is 5.75 Å². The minimum absolute atomic E-state index is 0.0154. The summed E-state index contributed by atoms with van der Waals surface area (Å²) in [4.78, 5) is 4.41. The largest absolute Gasteiger partial charge is 0.495 e. The Morgan fingerprint density at radius 3 is 2.53 bits per heavy atom. The first-order valence-electron chi connectivity index (χ1n) is 10.2. The van der Waals surface area contributed by atoms with Crippen LogP contribution in [-0.2, 0) is 15.4 Å². The fourth-order valence-corrected chi connectivity index (χ4v) is 5.03. The summed E-state index contributed by atoms with van der Waals surface area (Å²) >= 11 is 3.66. The molecule has 0 saturated heterocycles. The van der Waals surface area contributed by atoms with Gasteiger partial charge in [0.05, 0.1) is 34.4 Å². The van der Waals surface area contributed by atoms with Crippen LogP contribution < -0.4 is 9.46 Å². The van der Waals surface area contributed by atoms with Crippen molar-refractivity contribution in [3.8, 4) is 17.0 Å². The minimum atomic E-state index is -3.78. The van der Waals surface area contributed by atoms with E-state index in [4.69, 9.17) is 4.74 Å². The molecule has 4 rings (SSSR count). The Morgan fingerprint density at radius 2 is 1.88 bits per heavy atom. The van der Waals surface area contributed by atoms with Gasteiger partial charge in [0, 0.05) is 11.8 Å². The Labute approximate surface area is 196 Å². The molecule has 0 bridgehead atoms. The number of allylic oxidation sites excluding steroid dienone is 1. The third kappa shape index (κ3) is 4.45. The number of pyridine rings is 1. The molecule has 1 aliphatic heterocycles. The molecule has 3 aromatic rings. The highest BCUT2D eigenvalue weighted by molar-refractivity contribution is 9.09. The first-order valence-corrected chi connectivity index (χ1v) is 12.6. The Kier molecular flexibility index (Phi) is 5.89. The second kappa shape index (κ2) is 8.37. The number of aromatic nitrogens is 3. The maximum atomic E-state index is 13.1. The summed E-state index contributed by atoms with van der Waals surface area (Å²) in [7, 11) is -2.19. The lowest BCUT2D eigenvalue weighted by Crippen LogP contribution is -2.28. The standard InChI is InChI=1S/C23H25BrN4O3S/c1-23(2,3)16-5-7-18(8-6-16)32(29,30)27-22-10-9-19(24)21-12-20(26-28(21)22)15-11-17(31-4)14-25-13-15/h5-8,10-14,19,27H,9H2,1-4H3. The number of benzene rings is 1. The molecule has 1 aromatic carbocycles. The lowest BCUT2D eigenvalue weighted by molar-refractivity contribution is 0.413. The molecular formula is C23H25BrN4O3S. The van der Waals surface area contributed by atoms with Gasteiger partial charge in [-0.15, -0.1) is 0 Å². The molecule has 3 heterocycles. The number of rotatable bonds is 5. The third-order valence-corrected chi connectivity index (χ3v) is 7.53. The van der Waals surface area contributed by atoms with Crippen molar-refractivity contribution in [2.24, 2.45) is 0 Å². The van der Waals surface area contributed by atoms with Crippen molar-refractivity contribution in [3.05, 3.63) is 66.1 Å². The van der Waals surface area contributed by atoms with Crippen LogP contribution in [0.25, 0.3) is 17.1 Å². The van der Waals surface area contributed by atoms with E-state index in [2.05, 4.69) is 51.5 Å². The number of hydrogen-bond acceptors (Lipinski definition) is 5. The third-order valence-electron chi connectivity index (χ3n) is 5.32. The molecule has 0 saturated carbocycles. The molecule has 1 aliphatic rings. The molecule has 0 aliphatic carbocycles. The van der Waals surface area contributed by atoms with Crippen molar-refractivity contribution in [1.82, 2.24) is 19.5 Å². The zero-order chi connectivity index (χ0) is 23.1. The highest BCUT2D eigenvalue weighted by Gasteiger charge is 2.26. The Morgan fingerprint density at radius 1 is 1.16 bits per heavy atom. The fraction of sp³-hybridized carbons (Fsp3) is 0.304. The van der Waals surface area contributed by atoms with E-state index in [0.29, 0.717) is 23.7 Å². The number of nitrogens with one attached hydrogen (secondary N) is 1. The van der Waals surface area contributed by atoms with E-state index in [-0.39, 0.29) is 15.1 Å². The van der Waals surface area contributed by atoms with E-state index in [1.54, 1.807) is 36.3 Å². The van der Waals surface area contributed by atoms with E-state index < -0.39 is 10.0 Å². The Hall–Kier alpha value is -2.65. The number of sulfonamides is 1. The van der Waals surface area contributed by atoms with Crippen LogP contribution in [0.1, 0.15) is 43.3 Å². The molecule has 1 N–H and O–H groups in total. The number of ether oxygens (including phenoxy) is 1. The zero-order valence-corrected chi connectivity index (χ0v) is 20.7. The molecule has 0 spiro atoms. The number of hydrogen-bond donors (Lipinski definition) is 1. The molecule has 32 heavy (non-hydrogen) atoms. The highest BCUT2D eigenvalue weighted by atomic mass is 79.9. The maximum Gasteiger partial charge on any atom is 0.263 e. The normalized spacial score (nSPS) is 16.3. The van der Waals surface area contributed by atoms with Gasteiger partial charge in [-0.25, -0.2) is 13.1 Å². The summed E-state index contributed by atoms with van der Waals surface area (Å²) in [5.74, 6) is 1.02. The molecule has 168 valence electrons. The molecule has 7 nitrogen and oxygen atoms in total. The second-order valence-corrected chi connectivity index (χ2v) is 11.4. The molecule has 1 atom stereocenters. The van der Waals surface area contributed by atoms with Gasteiger partial charge in [-0.1, -0.05) is 48.8 Å². The Bertz CT molecular complexity index is 1280. The number of alkyl halides is 1. The van der Waals surface area contributed by atoms with Crippen LogP contribution in [0.4, 0.5) is 0 Å².